The lowest BCUT2D eigenvalue weighted by Gasteiger charge is -2.15. The van der Waals surface area contributed by atoms with Crippen molar-refractivity contribution >= 4 is 35.2 Å². The number of aliphatic hydroxyl groups is 1. The predicted octanol–water partition coefficient (Wildman–Crippen LogP) is 9.14. The largest absolute Gasteiger partial charge is 0.466 e. The number of aromatic nitrogens is 1. The molecule has 1 saturated carbocycles. The molecule has 0 spiro atoms. The summed E-state index contributed by atoms with van der Waals surface area (Å²) >= 11 is 12.1. The van der Waals surface area contributed by atoms with E-state index in [9.17, 15) is 9.90 Å². The molecule has 7 heteroatoms. The highest BCUT2D eigenvalue weighted by Crippen LogP contribution is 2.51. The van der Waals surface area contributed by atoms with Gasteiger partial charge in [-0.2, -0.15) is 0 Å². The van der Waals surface area contributed by atoms with Crippen LogP contribution in [0.25, 0.3) is 28.5 Å². The van der Waals surface area contributed by atoms with Crippen molar-refractivity contribution in [2.45, 2.75) is 57.5 Å². The second kappa shape index (κ2) is 12.6. The number of hydrogen-bond donors (Lipinski definition) is 1. The van der Waals surface area contributed by atoms with E-state index in [2.05, 4.69) is 29.4 Å². The molecule has 0 bridgehead atoms. The summed E-state index contributed by atoms with van der Waals surface area (Å²) in [6.45, 7) is 4.10. The second-order valence-corrected chi connectivity index (χ2v) is 11.4. The van der Waals surface area contributed by atoms with E-state index >= 15 is 0 Å². The molecular formula is C34H33Cl2NO4. The normalized spacial score (nSPS) is 14.8. The van der Waals surface area contributed by atoms with Crippen LogP contribution in [-0.4, -0.2) is 22.8 Å². The molecule has 0 radical (unpaired) electrons. The van der Waals surface area contributed by atoms with Crippen molar-refractivity contribution in [3.05, 3.63) is 105 Å². The van der Waals surface area contributed by atoms with Crippen molar-refractivity contribution in [1.29, 1.82) is 0 Å². The molecule has 212 valence electrons. The van der Waals surface area contributed by atoms with Gasteiger partial charge in [0.05, 0.1) is 40.4 Å². The Morgan fingerprint density at radius 3 is 2.32 bits per heavy atom. The van der Waals surface area contributed by atoms with Crippen LogP contribution in [0.5, 0.6) is 0 Å². The molecule has 4 aromatic rings. The van der Waals surface area contributed by atoms with Crippen LogP contribution in [0.4, 0.5) is 0 Å². The summed E-state index contributed by atoms with van der Waals surface area (Å²) in [6.07, 6.45) is 6.91. The molecule has 1 unspecified atom stereocenters. The molecule has 0 saturated heterocycles. The first-order chi connectivity index (χ1) is 19.8. The number of benzene rings is 3. The monoisotopic (exact) mass is 589 g/mol. The molecule has 1 N–H and O–H groups in total. The van der Waals surface area contributed by atoms with Crippen molar-refractivity contribution in [2.75, 3.05) is 6.61 Å². The fraction of sp³-hybridized carbons (Fsp3) is 0.294. The highest BCUT2D eigenvalue weighted by Gasteiger charge is 2.46. The number of esters is 1. The Morgan fingerprint density at radius 2 is 1.68 bits per heavy atom. The Bertz CT molecular complexity index is 1540. The summed E-state index contributed by atoms with van der Waals surface area (Å²) in [5, 5.41) is 16.2. The summed E-state index contributed by atoms with van der Waals surface area (Å²) < 4.78 is 10.8. The fourth-order valence-corrected chi connectivity index (χ4v) is 5.55. The van der Waals surface area contributed by atoms with Crippen LogP contribution in [-0.2, 0) is 14.9 Å². The summed E-state index contributed by atoms with van der Waals surface area (Å²) in [5.41, 5.74) is 6.48. The average Bonchev–Trinajstić information content (AvgIpc) is 3.65. The van der Waals surface area contributed by atoms with Gasteiger partial charge in [0.1, 0.15) is 0 Å². The number of aliphatic hydroxyl groups excluding tert-OH is 1. The molecule has 5 rings (SSSR count). The standard InChI is InChI=1S/C34H33Cl2NO4/c1-3-40-31(39)21-34(18-19-34)27-15-13-25(14-16-27)24-9-11-26(12-10-24)33-32(22(2)37-41-33)30(38)7-5-4-6-23-8-17-28(35)29(36)20-23/h4,6,8-17,20,30,38H,3,5,7,18-19,21H2,1-2H3. The summed E-state index contributed by atoms with van der Waals surface area (Å²) in [5.74, 6) is 0.455. The third kappa shape index (κ3) is 6.75. The first-order valence-electron chi connectivity index (χ1n) is 13.9. The number of carbonyl (C=O) groups excluding carboxylic acids is 1. The van der Waals surface area contributed by atoms with Gasteiger partial charge in [-0.15, -0.1) is 0 Å². The number of ether oxygens (including phenoxy) is 1. The number of hydrogen-bond acceptors (Lipinski definition) is 5. The van der Waals surface area contributed by atoms with Crippen molar-refractivity contribution in [2.24, 2.45) is 0 Å². The Balaban J connectivity index is 1.24. The minimum Gasteiger partial charge on any atom is -0.466 e. The van der Waals surface area contributed by atoms with Crippen LogP contribution in [0.1, 0.15) is 67.5 Å². The van der Waals surface area contributed by atoms with Crippen LogP contribution in [0.15, 0.2) is 77.3 Å². The van der Waals surface area contributed by atoms with Gasteiger partial charge in [0, 0.05) is 11.0 Å². The van der Waals surface area contributed by atoms with E-state index in [1.807, 2.05) is 62.4 Å². The quantitative estimate of drug-likeness (QED) is 0.176. The molecular weight excluding hydrogens is 557 g/mol. The number of rotatable bonds is 11. The molecule has 1 aliphatic carbocycles. The molecule has 1 aromatic heterocycles. The maximum absolute atomic E-state index is 12.1. The number of carbonyl (C=O) groups is 1. The zero-order chi connectivity index (χ0) is 29.0. The van der Waals surface area contributed by atoms with Gasteiger partial charge < -0.3 is 14.4 Å². The Morgan fingerprint density at radius 1 is 1.02 bits per heavy atom. The minimum atomic E-state index is -0.716. The number of aryl methyl sites for hydroxylation is 1. The molecule has 1 aliphatic rings. The van der Waals surface area contributed by atoms with Gasteiger partial charge in [0.15, 0.2) is 5.76 Å². The smallest absolute Gasteiger partial charge is 0.306 e. The maximum atomic E-state index is 12.1. The second-order valence-electron chi connectivity index (χ2n) is 10.6. The molecule has 3 aromatic carbocycles. The topological polar surface area (TPSA) is 72.6 Å². The summed E-state index contributed by atoms with van der Waals surface area (Å²) in [4.78, 5) is 12.1. The SMILES string of the molecule is CCOC(=O)CC1(c2ccc(-c3ccc(-c4onc(C)c4C(O)CCC=Cc4ccc(Cl)c(Cl)c4)cc3)cc2)CC1. The van der Waals surface area contributed by atoms with Crippen LogP contribution in [0.3, 0.4) is 0 Å². The van der Waals surface area contributed by atoms with Crippen molar-refractivity contribution in [1.82, 2.24) is 5.16 Å². The number of allylic oxidation sites excluding steroid dienone is 1. The summed E-state index contributed by atoms with van der Waals surface area (Å²) in [6, 6.07) is 22.0. The minimum absolute atomic E-state index is 0.0740. The van der Waals surface area contributed by atoms with Gasteiger partial charge in [-0.05, 0) is 73.9 Å². The van der Waals surface area contributed by atoms with Gasteiger partial charge in [-0.3, -0.25) is 4.79 Å². The first-order valence-corrected chi connectivity index (χ1v) is 14.7. The summed E-state index contributed by atoms with van der Waals surface area (Å²) in [7, 11) is 0. The molecule has 1 fully saturated rings. The highest BCUT2D eigenvalue weighted by molar-refractivity contribution is 6.42. The van der Waals surface area contributed by atoms with Gasteiger partial charge in [-0.1, -0.05) is 95.1 Å². The number of nitrogens with zero attached hydrogens (tertiary/aromatic N) is 1. The average molecular weight is 591 g/mol. The lowest BCUT2D eigenvalue weighted by Crippen LogP contribution is -2.15. The Kier molecular flexibility index (Phi) is 8.98. The fourth-order valence-electron chi connectivity index (χ4n) is 5.25. The first kappa shape index (κ1) is 29.1. The van der Waals surface area contributed by atoms with E-state index in [0.717, 1.165) is 35.1 Å². The van der Waals surface area contributed by atoms with Crippen molar-refractivity contribution in [3.8, 4) is 22.5 Å². The molecule has 41 heavy (non-hydrogen) atoms. The van der Waals surface area contributed by atoms with E-state index in [-0.39, 0.29) is 11.4 Å². The van der Waals surface area contributed by atoms with Gasteiger partial charge in [-0.25, -0.2) is 0 Å². The van der Waals surface area contributed by atoms with Crippen LogP contribution in [0, 0.1) is 6.92 Å². The van der Waals surface area contributed by atoms with E-state index in [4.69, 9.17) is 32.5 Å². The molecule has 1 atom stereocenters. The molecule has 5 nitrogen and oxygen atoms in total. The van der Waals surface area contributed by atoms with E-state index in [1.165, 1.54) is 5.56 Å². The van der Waals surface area contributed by atoms with E-state index in [1.54, 1.807) is 6.07 Å². The van der Waals surface area contributed by atoms with Crippen LogP contribution in [0.2, 0.25) is 10.0 Å². The predicted molar refractivity (Wildman–Crippen MR) is 164 cm³/mol. The lowest BCUT2D eigenvalue weighted by atomic mass is 9.90. The third-order valence-electron chi connectivity index (χ3n) is 7.72. The van der Waals surface area contributed by atoms with Gasteiger partial charge in [0.25, 0.3) is 0 Å². The third-order valence-corrected chi connectivity index (χ3v) is 8.46. The van der Waals surface area contributed by atoms with Gasteiger partial charge in [0.2, 0.25) is 0 Å². The van der Waals surface area contributed by atoms with E-state index in [0.29, 0.717) is 52.9 Å². The zero-order valence-corrected chi connectivity index (χ0v) is 24.7. The Hall–Kier alpha value is -3.38. The van der Waals surface area contributed by atoms with Crippen molar-refractivity contribution in [3.63, 3.8) is 0 Å². The van der Waals surface area contributed by atoms with Crippen molar-refractivity contribution < 1.29 is 19.2 Å². The lowest BCUT2D eigenvalue weighted by molar-refractivity contribution is -0.143. The van der Waals surface area contributed by atoms with Crippen LogP contribution >= 0.6 is 23.2 Å². The maximum Gasteiger partial charge on any atom is 0.306 e. The van der Waals surface area contributed by atoms with Crippen LogP contribution < -0.4 is 0 Å². The Labute approximate surface area is 250 Å². The molecule has 0 aliphatic heterocycles. The molecule has 0 amide bonds. The number of halogens is 2. The van der Waals surface area contributed by atoms with E-state index < -0.39 is 6.10 Å². The molecule has 1 heterocycles. The zero-order valence-electron chi connectivity index (χ0n) is 23.2. The highest BCUT2D eigenvalue weighted by atomic mass is 35.5. The van der Waals surface area contributed by atoms with Gasteiger partial charge >= 0.3 is 5.97 Å².